The molecular formula is C11H10Cl2N2O3. The number of halogens is 2. The number of carboxylic acid groups (broad SMARTS) is 1. The molecule has 0 saturated heterocycles. The van der Waals surface area contributed by atoms with E-state index >= 15 is 0 Å². The molecule has 18 heavy (non-hydrogen) atoms. The van der Waals surface area contributed by atoms with Gasteiger partial charge in [0.1, 0.15) is 0 Å². The van der Waals surface area contributed by atoms with Crippen LogP contribution in [0.25, 0.3) is 0 Å². The molecule has 0 fully saturated rings. The van der Waals surface area contributed by atoms with E-state index in [0.717, 1.165) is 0 Å². The van der Waals surface area contributed by atoms with Gasteiger partial charge >= 0.3 is 5.97 Å². The SMILES string of the molecule is NCC1(C(=O)O)CC(c2ccc(Cl)cc2Cl)=NO1. The van der Waals surface area contributed by atoms with Crippen molar-refractivity contribution in [3.63, 3.8) is 0 Å². The summed E-state index contributed by atoms with van der Waals surface area (Å²) < 4.78 is 0. The van der Waals surface area contributed by atoms with E-state index in [0.29, 0.717) is 21.3 Å². The number of rotatable bonds is 3. The molecule has 1 aliphatic heterocycles. The van der Waals surface area contributed by atoms with Gasteiger partial charge in [0, 0.05) is 23.6 Å². The molecule has 5 nitrogen and oxygen atoms in total. The lowest BCUT2D eigenvalue weighted by Crippen LogP contribution is -2.45. The van der Waals surface area contributed by atoms with Crippen molar-refractivity contribution in [1.29, 1.82) is 0 Å². The highest BCUT2D eigenvalue weighted by Gasteiger charge is 2.46. The van der Waals surface area contributed by atoms with Crippen LogP contribution in [-0.2, 0) is 9.63 Å². The van der Waals surface area contributed by atoms with Crippen LogP contribution in [0.3, 0.4) is 0 Å². The van der Waals surface area contributed by atoms with Crippen molar-refractivity contribution in [3.8, 4) is 0 Å². The first-order chi connectivity index (χ1) is 8.48. The molecule has 96 valence electrons. The second kappa shape index (κ2) is 4.76. The third-order valence-corrected chi connectivity index (χ3v) is 3.29. The highest BCUT2D eigenvalue weighted by Crippen LogP contribution is 2.30. The highest BCUT2D eigenvalue weighted by atomic mass is 35.5. The van der Waals surface area contributed by atoms with Crippen LogP contribution in [0.15, 0.2) is 23.4 Å². The molecule has 3 N–H and O–H groups in total. The van der Waals surface area contributed by atoms with Gasteiger partial charge in [0.2, 0.25) is 0 Å². The number of aliphatic carboxylic acids is 1. The smallest absolute Gasteiger partial charge is 0.352 e. The van der Waals surface area contributed by atoms with E-state index in [1.807, 2.05) is 0 Å². The molecule has 1 heterocycles. The summed E-state index contributed by atoms with van der Waals surface area (Å²) in [6, 6.07) is 4.87. The summed E-state index contributed by atoms with van der Waals surface area (Å²) in [6.07, 6.45) is 0.0696. The Morgan fingerprint density at radius 3 is 2.78 bits per heavy atom. The summed E-state index contributed by atoms with van der Waals surface area (Å²) in [5, 5.41) is 13.8. The first kappa shape index (κ1) is 13.1. The van der Waals surface area contributed by atoms with Crippen molar-refractivity contribution in [3.05, 3.63) is 33.8 Å². The number of nitrogens with two attached hydrogens (primary N) is 1. The van der Waals surface area contributed by atoms with Crippen LogP contribution in [0.5, 0.6) is 0 Å². The summed E-state index contributed by atoms with van der Waals surface area (Å²) in [7, 11) is 0. The molecule has 1 unspecified atom stereocenters. The Morgan fingerprint density at radius 1 is 1.56 bits per heavy atom. The van der Waals surface area contributed by atoms with Gasteiger partial charge in [0.15, 0.2) is 0 Å². The third kappa shape index (κ3) is 2.16. The van der Waals surface area contributed by atoms with Gasteiger partial charge in [0.05, 0.1) is 10.7 Å². The average Bonchev–Trinajstić information content (AvgIpc) is 2.74. The fourth-order valence-electron chi connectivity index (χ4n) is 1.66. The molecule has 0 aromatic heterocycles. The van der Waals surface area contributed by atoms with E-state index in [4.69, 9.17) is 38.9 Å². The molecule has 2 rings (SSSR count). The standard InChI is InChI=1S/C11H10Cl2N2O3/c12-6-1-2-7(8(13)3-6)9-4-11(5-14,10(16)17)18-15-9/h1-3H,4-5,14H2,(H,16,17). The Morgan fingerprint density at radius 2 is 2.28 bits per heavy atom. The maximum Gasteiger partial charge on any atom is 0.352 e. The number of nitrogens with zero attached hydrogens (tertiary/aromatic N) is 1. The Labute approximate surface area is 113 Å². The van der Waals surface area contributed by atoms with Gasteiger partial charge in [-0.1, -0.05) is 34.4 Å². The predicted molar refractivity (Wildman–Crippen MR) is 68.1 cm³/mol. The van der Waals surface area contributed by atoms with Crippen LogP contribution < -0.4 is 5.73 Å². The maximum absolute atomic E-state index is 11.1. The van der Waals surface area contributed by atoms with Gasteiger partial charge in [0.25, 0.3) is 5.60 Å². The summed E-state index contributed by atoms with van der Waals surface area (Å²) in [6.45, 7) is -0.166. The van der Waals surface area contributed by atoms with E-state index in [1.165, 1.54) is 0 Å². The fourth-order valence-corrected chi connectivity index (χ4v) is 2.17. The van der Waals surface area contributed by atoms with E-state index < -0.39 is 11.6 Å². The molecule has 1 aromatic rings. The molecular weight excluding hydrogens is 279 g/mol. The number of oxime groups is 1. The van der Waals surface area contributed by atoms with Gasteiger partial charge in [-0.15, -0.1) is 0 Å². The Balaban J connectivity index is 2.30. The minimum Gasteiger partial charge on any atom is -0.478 e. The molecule has 1 aliphatic rings. The van der Waals surface area contributed by atoms with Crippen LogP contribution in [0.1, 0.15) is 12.0 Å². The second-order valence-electron chi connectivity index (χ2n) is 3.93. The number of hydrogen-bond donors (Lipinski definition) is 2. The van der Waals surface area contributed by atoms with Gasteiger partial charge in [-0.3, -0.25) is 0 Å². The molecule has 0 bridgehead atoms. The first-order valence-electron chi connectivity index (χ1n) is 5.12. The number of benzene rings is 1. The first-order valence-corrected chi connectivity index (χ1v) is 5.88. The second-order valence-corrected chi connectivity index (χ2v) is 4.78. The molecule has 7 heteroatoms. The minimum atomic E-state index is -1.50. The van der Waals surface area contributed by atoms with Crippen LogP contribution in [0.2, 0.25) is 10.0 Å². The van der Waals surface area contributed by atoms with Crippen LogP contribution in [-0.4, -0.2) is 28.9 Å². The molecule has 0 aliphatic carbocycles. The third-order valence-electron chi connectivity index (χ3n) is 2.75. The largest absolute Gasteiger partial charge is 0.478 e. The molecule has 0 saturated carbocycles. The Bertz CT molecular complexity index is 533. The van der Waals surface area contributed by atoms with Crippen LogP contribution in [0, 0.1) is 0 Å². The number of carboxylic acids is 1. The highest BCUT2D eigenvalue weighted by molar-refractivity contribution is 6.37. The topological polar surface area (TPSA) is 84.9 Å². The predicted octanol–water partition coefficient (Wildman–Crippen LogP) is 1.90. The Hall–Kier alpha value is -1.30. The Kier molecular flexibility index (Phi) is 3.47. The van der Waals surface area contributed by atoms with Crippen molar-refractivity contribution < 1.29 is 14.7 Å². The maximum atomic E-state index is 11.1. The van der Waals surface area contributed by atoms with Crippen molar-refractivity contribution in [2.75, 3.05) is 6.54 Å². The molecule has 0 radical (unpaired) electrons. The van der Waals surface area contributed by atoms with E-state index in [9.17, 15) is 4.79 Å². The van der Waals surface area contributed by atoms with Crippen molar-refractivity contribution in [2.24, 2.45) is 10.9 Å². The van der Waals surface area contributed by atoms with E-state index in [2.05, 4.69) is 5.16 Å². The zero-order valence-electron chi connectivity index (χ0n) is 9.19. The van der Waals surface area contributed by atoms with Crippen molar-refractivity contribution in [2.45, 2.75) is 12.0 Å². The molecule has 0 amide bonds. The van der Waals surface area contributed by atoms with Gasteiger partial charge in [-0.25, -0.2) is 4.79 Å². The average molecular weight is 289 g/mol. The molecule has 1 aromatic carbocycles. The van der Waals surface area contributed by atoms with Crippen LogP contribution >= 0.6 is 23.2 Å². The van der Waals surface area contributed by atoms with E-state index in [-0.39, 0.29) is 13.0 Å². The van der Waals surface area contributed by atoms with Crippen molar-refractivity contribution in [1.82, 2.24) is 0 Å². The summed E-state index contributed by atoms with van der Waals surface area (Å²) in [4.78, 5) is 16.1. The number of carbonyl (C=O) groups is 1. The molecule has 0 spiro atoms. The monoisotopic (exact) mass is 288 g/mol. The van der Waals surface area contributed by atoms with Gasteiger partial charge in [-0.05, 0) is 12.1 Å². The van der Waals surface area contributed by atoms with Crippen LogP contribution in [0.4, 0.5) is 0 Å². The lowest BCUT2D eigenvalue weighted by molar-refractivity contribution is -0.161. The number of hydrogen-bond acceptors (Lipinski definition) is 4. The van der Waals surface area contributed by atoms with Gasteiger partial charge < -0.3 is 15.7 Å². The molecule has 1 atom stereocenters. The zero-order valence-corrected chi connectivity index (χ0v) is 10.7. The quantitative estimate of drug-likeness (QED) is 0.890. The normalized spacial score (nSPS) is 22.5. The van der Waals surface area contributed by atoms with Gasteiger partial charge in [-0.2, -0.15) is 0 Å². The minimum absolute atomic E-state index is 0.0696. The lowest BCUT2D eigenvalue weighted by atomic mass is 9.94. The van der Waals surface area contributed by atoms with Crippen molar-refractivity contribution >= 4 is 34.9 Å². The summed E-state index contributed by atoms with van der Waals surface area (Å²) >= 11 is 11.8. The van der Waals surface area contributed by atoms with E-state index in [1.54, 1.807) is 18.2 Å². The zero-order chi connectivity index (χ0) is 13.3. The lowest BCUT2D eigenvalue weighted by Gasteiger charge is -2.18. The fraction of sp³-hybridized carbons (Fsp3) is 0.273. The summed E-state index contributed by atoms with van der Waals surface area (Å²) in [5.74, 6) is -1.14. The summed E-state index contributed by atoms with van der Waals surface area (Å²) in [5.41, 5.74) is 4.98.